The number of nitrogens with zero attached hydrogens (tertiary/aromatic N) is 2. The van der Waals surface area contributed by atoms with E-state index in [0.717, 1.165) is 29.7 Å². The van der Waals surface area contributed by atoms with E-state index in [0.29, 0.717) is 12.3 Å². The summed E-state index contributed by atoms with van der Waals surface area (Å²) < 4.78 is 25.3. The number of pyridine rings is 1. The van der Waals surface area contributed by atoms with Crippen LogP contribution in [-0.4, -0.2) is 29.3 Å². The summed E-state index contributed by atoms with van der Waals surface area (Å²) in [6.07, 6.45) is 5.50. The number of hydrogen-bond acceptors (Lipinski definition) is 4. The minimum absolute atomic E-state index is 0.0278. The molecule has 5 nitrogen and oxygen atoms in total. The number of rotatable bonds is 2. The molecule has 1 atom stereocenters. The quantitative estimate of drug-likeness (QED) is 0.892. The molecule has 2 aromatic rings. The van der Waals surface area contributed by atoms with Crippen molar-refractivity contribution in [2.75, 3.05) is 11.5 Å². The Morgan fingerprint density at radius 1 is 1.37 bits per heavy atom. The number of sulfone groups is 1. The lowest BCUT2D eigenvalue weighted by Crippen LogP contribution is -2.23. The minimum Gasteiger partial charge on any atom is -0.326 e. The maximum Gasteiger partial charge on any atom is 0.150 e. The van der Waals surface area contributed by atoms with E-state index in [4.69, 9.17) is 5.73 Å². The normalized spacial score (nSPS) is 22.7. The highest BCUT2D eigenvalue weighted by molar-refractivity contribution is 7.91. The molecule has 3 rings (SSSR count). The summed E-state index contributed by atoms with van der Waals surface area (Å²) in [5, 5.41) is 0. The Labute approximate surface area is 112 Å². The molecule has 0 amide bonds. The maximum atomic E-state index is 11.7. The standard InChI is InChI=1S/C13H17N3O2S/c14-6-10-3-4-13-15-12(8-16(13)7-10)11-2-1-5-19(17,18)9-11/h3-4,7-8,11H,1-2,5-6,9,14H2. The number of imidazole rings is 1. The van der Waals surface area contributed by atoms with Crippen molar-refractivity contribution in [1.29, 1.82) is 0 Å². The molecule has 0 spiro atoms. The monoisotopic (exact) mass is 279 g/mol. The zero-order chi connectivity index (χ0) is 13.5. The van der Waals surface area contributed by atoms with Crippen LogP contribution in [0.25, 0.3) is 5.65 Å². The molecule has 3 heterocycles. The molecule has 1 fully saturated rings. The second kappa shape index (κ2) is 4.61. The molecule has 0 aliphatic carbocycles. The Balaban J connectivity index is 1.97. The largest absolute Gasteiger partial charge is 0.326 e. The first-order valence-electron chi connectivity index (χ1n) is 6.45. The Hall–Kier alpha value is -1.40. The fraction of sp³-hybridized carbons (Fsp3) is 0.462. The predicted octanol–water partition coefficient (Wildman–Crippen LogP) is 1.09. The van der Waals surface area contributed by atoms with E-state index in [9.17, 15) is 8.42 Å². The van der Waals surface area contributed by atoms with Gasteiger partial charge in [0.05, 0.1) is 17.2 Å². The molecule has 1 aliphatic rings. The van der Waals surface area contributed by atoms with Crippen molar-refractivity contribution < 1.29 is 8.42 Å². The lowest BCUT2D eigenvalue weighted by Gasteiger charge is -2.19. The molecule has 19 heavy (non-hydrogen) atoms. The molecule has 102 valence electrons. The number of aromatic nitrogens is 2. The Morgan fingerprint density at radius 2 is 2.21 bits per heavy atom. The highest BCUT2D eigenvalue weighted by atomic mass is 32.2. The summed E-state index contributed by atoms with van der Waals surface area (Å²) in [7, 11) is -2.90. The third-order valence-corrected chi connectivity index (χ3v) is 5.47. The van der Waals surface area contributed by atoms with E-state index >= 15 is 0 Å². The molecule has 1 saturated heterocycles. The van der Waals surface area contributed by atoms with Gasteiger partial charge in [0.15, 0.2) is 9.84 Å². The minimum atomic E-state index is -2.90. The van der Waals surface area contributed by atoms with Gasteiger partial charge in [-0.15, -0.1) is 0 Å². The Bertz CT molecular complexity index is 706. The van der Waals surface area contributed by atoms with Crippen LogP contribution in [0.1, 0.15) is 30.0 Å². The second-order valence-electron chi connectivity index (χ2n) is 5.13. The fourth-order valence-corrected chi connectivity index (χ4v) is 4.35. The lowest BCUT2D eigenvalue weighted by atomic mass is 10.0. The van der Waals surface area contributed by atoms with Crippen LogP contribution in [0.3, 0.4) is 0 Å². The van der Waals surface area contributed by atoms with E-state index in [1.54, 1.807) is 0 Å². The van der Waals surface area contributed by atoms with E-state index in [1.807, 2.05) is 28.9 Å². The molecular formula is C13H17N3O2S. The van der Waals surface area contributed by atoms with Gasteiger partial charge in [-0.25, -0.2) is 13.4 Å². The lowest BCUT2D eigenvalue weighted by molar-refractivity contribution is 0.550. The zero-order valence-corrected chi connectivity index (χ0v) is 11.4. The summed E-state index contributed by atoms with van der Waals surface area (Å²) >= 11 is 0. The second-order valence-corrected chi connectivity index (χ2v) is 7.35. The van der Waals surface area contributed by atoms with Crippen LogP contribution in [0, 0.1) is 0 Å². The Morgan fingerprint density at radius 3 is 2.95 bits per heavy atom. The van der Waals surface area contributed by atoms with E-state index in [-0.39, 0.29) is 11.7 Å². The van der Waals surface area contributed by atoms with Crippen molar-refractivity contribution in [3.05, 3.63) is 35.8 Å². The molecule has 2 N–H and O–H groups in total. The van der Waals surface area contributed by atoms with Crippen molar-refractivity contribution in [2.45, 2.75) is 25.3 Å². The fourth-order valence-electron chi connectivity index (χ4n) is 2.63. The number of nitrogens with two attached hydrogens (primary N) is 1. The topological polar surface area (TPSA) is 77.5 Å². The van der Waals surface area contributed by atoms with E-state index in [1.165, 1.54) is 0 Å². The first-order valence-corrected chi connectivity index (χ1v) is 8.27. The zero-order valence-electron chi connectivity index (χ0n) is 10.6. The van der Waals surface area contributed by atoms with Crippen LogP contribution in [-0.2, 0) is 16.4 Å². The highest BCUT2D eigenvalue weighted by Crippen LogP contribution is 2.27. The molecular weight excluding hydrogens is 262 g/mol. The number of fused-ring (bicyclic) bond motifs is 1. The van der Waals surface area contributed by atoms with Crippen molar-refractivity contribution in [1.82, 2.24) is 9.38 Å². The summed E-state index contributed by atoms with van der Waals surface area (Å²) in [5.41, 5.74) is 8.36. The average Bonchev–Trinajstić information content (AvgIpc) is 2.80. The summed E-state index contributed by atoms with van der Waals surface area (Å²) in [4.78, 5) is 4.54. The van der Waals surface area contributed by atoms with Crippen molar-refractivity contribution in [3.63, 3.8) is 0 Å². The third-order valence-electron chi connectivity index (χ3n) is 3.65. The average molecular weight is 279 g/mol. The van der Waals surface area contributed by atoms with Crippen molar-refractivity contribution in [2.24, 2.45) is 5.73 Å². The van der Waals surface area contributed by atoms with Gasteiger partial charge in [0.2, 0.25) is 0 Å². The molecule has 1 aliphatic heterocycles. The summed E-state index contributed by atoms with van der Waals surface area (Å²) in [6, 6.07) is 3.87. The van der Waals surface area contributed by atoms with Gasteiger partial charge in [-0.05, 0) is 24.5 Å². The van der Waals surface area contributed by atoms with E-state index < -0.39 is 9.84 Å². The van der Waals surface area contributed by atoms with Crippen LogP contribution >= 0.6 is 0 Å². The van der Waals surface area contributed by atoms with Crippen LogP contribution in [0.2, 0.25) is 0 Å². The summed E-state index contributed by atoms with van der Waals surface area (Å²) in [5.74, 6) is 0.564. The van der Waals surface area contributed by atoms with Crippen LogP contribution in [0.5, 0.6) is 0 Å². The van der Waals surface area contributed by atoms with Crippen LogP contribution in [0.15, 0.2) is 24.5 Å². The smallest absolute Gasteiger partial charge is 0.150 e. The van der Waals surface area contributed by atoms with Gasteiger partial charge in [-0.2, -0.15) is 0 Å². The van der Waals surface area contributed by atoms with Crippen molar-refractivity contribution >= 4 is 15.5 Å². The molecule has 0 saturated carbocycles. The summed E-state index contributed by atoms with van der Waals surface area (Å²) in [6.45, 7) is 0.487. The van der Waals surface area contributed by atoms with Crippen molar-refractivity contribution in [3.8, 4) is 0 Å². The van der Waals surface area contributed by atoms with Crippen LogP contribution in [0.4, 0.5) is 0 Å². The predicted molar refractivity (Wildman–Crippen MR) is 73.7 cm³/mol. The first kappa shape index (κ1) is 12.6. The molecule has 0 radical (unpaired) electrons. The molecule has 0 aromatic carbocycles. The van der Waals surface area contributed by atoms with Gasteiger partial charge in [-0.1, -0.05) is 6.07 Å². The highest BCUT2D eigenvalue weighted by Gasteiger charge is 2.27. The number of hydrogen-bond donors (Lipinski definition) is 1. The SMILES string of the molecule is NCc1ccc2nc(C3CCCS(=O)(=O)C3)cn2c1. The molecule has 1 unspecified atom stereocenters. The molecule has 6 heteroatoms. The van der Waals surface area contributed by atoms with Gasteiger partial charge in [0, 0.05) is 24.9 Å². The Kier molecular flexibility index (Phi) is 3.06. The van der Waals surface area contributed by atoms with Gasteiger partial charge in [0.1, 0.15) is 5.65 Å². The van der Waals surface area contributed by atoms with Gasteiger partial charge >= 0.3 is 0 Å². The van der Waals surface area contributed by atoms with Gasteiger partial charge < -0.3 is 10.1 Å². The first-order chi connectivity index (χ1) is 9.07. The van der Waals surface area contributed by atoms with Crippen LogP contribution < -0.4 is 5.73 Å². The molecule has 0 bridgehead atoms. The maximum absolute atomic E-state index is 11.7. The third kappa shape index (κ3) is 2.50. The molecule has 2 aromatic heterocycles. The van der Waals surface area contributed by atoms with E-state index in [2.05, 4.69) is 4.98 Å². The van der Waals surface area contributed by atoms with Gasteiger partial charge in [-0.3, -0.25) is 0 Å². The van der Waals surface area contributed by atoms with Gasteiger partial charge in [0.25, 0.3) is 0 Å².